The molecule has 3 nitrogen and oxygen atoms in total. The minimum Gasteiger partial charge on any atom is -0.286 e. The highest BCUT2D eigenvalue weighted by atomic mass is 33.1. The van der Waals surface area contributed by atoms with Crippen molar-refractivity contribution < 1.29 is 13.2 Å². The summed E-state index contributed by atoms with van der Waals surface area (Å²) in [5, 5.41) is -0.427. The van der Waals surface area contributed by atoms with Crippen LogP contribution in [0.1, 0.15) is 6.92 Å². The van der Waals surface area contributed by atoms with Crippen LogP contribution in [0.3, 0.4) is 0 Å². The summed E-state index contributed by atoms with van der Waals surface area (Å²) in [6.07, 6.45) is 0. The largest absolute Gasteiger partial charge is 0.286 e. The summed E-state index contributed by atoms with van der Waals surface area (Å²) in [6, 6.07) is 7.88. The molecule has 0 N–H and O–H groups in total. The first-order chi connectivity index (χ1) is 6.02. The van der Waals surface area contributed by atoms with Crippen LogP contribution in [0.2, 0.25) is 0 Å². The second kappa shape index (κ2) is 3.93. The third-order valence-electron chi connectivity index (χ3n) is 1.26. The maximum Gasteiger partial charge on any atom is 0.237 e. The Balaban J connectivity index is 3.02. The van der Waals surface area contributed by atoms with Gasteiger partial charge >= 0.3 is 0 Å². The van der Waals surface area contributed by atoms with Gasteiger partial charge in [-0.25, -0.2) is 8.42 Å². The van der Waals surface area contributed by atoms with Gasteiger partial charge in [-0.3, -0.25) is 4.79 Å². The average Bonchev–Trinajstić information content (AvgIpc) is 2.04. The van der Waals surface area contributed by atoms with E-state index in [0.29, 0.717) is 10.8 Å². The van der Waals surface area contributed by atoms with Crippen molar-refractivity contribution in [2.24, 2.45) is 0 Å². The predicted molar refractivity (Wildman–Crippen MR) is 51.9 cm³/mol. The molecule has 1 rings (SSSR count). The predicted octanol–water partition coefficient (Wildman–Crippen LogP) is 1.66. The first-order valence-corrected chi connectivity index (χ1v) is 6.34. The summed E-state index contributed by atoms with van der Waals surface area (Å²) in [5.74, 6) is 0. The van der Waals surface area contributed by atoms with Crippen LogP contribution in [0.25, 0.3) is 0 Å². The molecule has 1 aromatic carbocycles. The molecule has 0 amide bonds. The van der Waals surface area contributed by atoms with Crippen molar-refractivity contribution in [2.75, 3.05) is 0 Å². The van der Waals surface area contributed by atoms with Crippen molar-refractivity contribution in [1.29, 1.82) is 0 Å². The van der Waals surface area contributed by atoms with E-state index in [0.717, 1.165) is 0 Å². The van der Waals surface area contributed by atoms with Crippen LogP contribution in [0.5, 0.6) is 0 Å². The quantitative estimate of drug-likeness (QED) is 0.705. The molecule has 0 atom stereocenters. The van der Waals surface area contributed by atoms with Gasteiger partial charge in [0.2, 0.25) is 14.0 Å². The molecule has 0 aromatic heterocycles. The maximum absolute atomic E-state index is 11.4. The second-order valence-electron chi connectivity index (χ2n) is 2.34. The number of carbonyl (C=O) groups is 1. The molecule has 0 saturated carbocycles. The van der Waals surface area contributed by atoms with Gasteiger partial charge in [-0.2, -0.15) is 0 Å². The summed E-state index contributed by atoms with van der Waals surface area (Å²) in [5.41, 5.74) is 0. The van der Waals surface area contributed by atoms with Gasteiger partial charge in [-0.05, 0) is 12.1 Å². The fourth-order valence-electron chi connectivity index (χ4n) is 0.790. The molecule has 0 unspecified atom stereocenters. The zero-order valence-electron chi connectivity index (χ0n) is 6.93. The summed E-state index contributed by atoms with van der Waals surface area (Å²) in [4.78, 5) is 10.8. The number of hydrogen-bond acceptors (Lipinski definition) is 4. The van der Waals surface area contributed by atoms with Crippen LogP contribution in [0, 0.1) is 0 Å². The minimum absolute atomic E-state index is 0.162. The van der Waals surface area contributed by atoms with Crippen LogP contribution < -0.4 is 0 Å². The molecular weight excluding hydrogens is 208 g/mol. The number of carbonyl (C=O) groups excluding carboxylic acids is 1. The zero-order valence-corrected chi connectivity index (χ0v) is 8.56. The molecule has 70 valence electrons. The number of hydrogen-bond donors (Lipinski definition) is 0. The lowest BCUT2D eigenvalue weighted by Crippen LogP contribution is -1.97. The van der Waals surface area contributed by atoms with Crippen molar-refractivity contribution >= 4 is 24.8 Å². The van der Waals surface area contributed by atoms with Crippen molar-refractivity contribution in [1.82, 2.24) is 0 Å². The standard InChI is InChI=1S/C8H8O3S2/c1-7(9)12-13(10,11)8-5-3-2-4-6-8/h2-6H,1H3. The van der Waals surface area contributed by atoms with Gasteiger partial charge in [0.15, 0.2) is 0 Å². The fraction of sp³-hybridized carbons (Fsp3) is 0.125. The van der Waals surface area contributed by atoms with Gasteiger partial charge in [0.1, 0.15) is 0 Å². The minimum atomic E-state index is -3.49. The van der Waals surface area contributed by atoms with E-state index in [9.17, 15) is 13.2 Å². The zero-order chi connectivity index (χ0) is 9.90. The number of benzene rings is 1. The van der Waals surface area contributed by atoms with Gasteiger partial charge in [-0.15, -0.1) is 0 Å². The van der Waals surface area contributed by atoms with Crippen LogP contribution in [-0.4, -0.2) is 13.5 Å². The van der Waals surface area contributed by atoms with Crippen molar-refractivity contribution in [2.45, 2.75) is 11.8 Å². The third-order valence-corrected chi connectivity index (χ3v) is 4.50. The van der Waals surface area contributed by atoms with E-state index in [4.69, 9.17) is 0 Å². The molecule has 0 bridgehead atoms. The summed E-state index contributed by atoms with van der Waals surface area (Å²) < 4.78 is 22.8. The topological polar surface area (TPSA) is 51.2 Å². The van der Waals surface area contributed by atoms with Crippen molar-refractivity contribution in [3.8, 4) is 0 Å². The lowest BCUT2D eigenvalue weighted by molar-refractivity contribution is -0.109. The normalized spacial score (nSPS) is 11.2. The van der Waals surface area contributed by atoms with Crippen LogP contribution in [-0.2, 0) is 13.7 Å². The first kappa shape index (κ1) is 10.3. The van der Waals surface area contributed by atoms with E-state index >= 15 is 0 Å². The highest BCUT2D eigenvalue weighted by molar-refractivity contribution is 8.77. The maximum atomic E-state index is 11.4. The van der Waals surface area contributed by atoms with E-state index in [1.54, 1.807) is 18.2 Å². The summed E-state index contributed by atoms with van der Waals surface area (Å²) >= 11 is 0. The average molecular weight is 216 g/mol. The lowest BCUT2D eigenvalue weighted by Gasteiger charge is -1.98. The fourth-order valence-corrected chi connectivity index (χ4v) is 3.23. The SMILES string of the molecule is CC(=O)SS(=O)(=O)c1ccccc1. The first-order valence-electron chi connectivity index (χ1n) is 3.52. The Bertz CT molecular complexity index is 395. The lowest BCUT2D eigenvalue weighted by atomic mass is 10.4. The molecule has 0 spiro atoms. The smallest absolute Gasteiger partial charge is 0.237 e. The Hall–Kier alpha value is -0.810. The molecule has 1 aromatic rings. The Morgan fingerprint density at radius 2 is 1.77 bits per heavy atom. The van der Waals surface area contributed by atoms with Gasteiger partial charge in [0.05, 0.1) is 4.90 Å². The summed E-state index contributed by atoms with van der Waals surface area (Å²) in [7, 11) is -3.15. The van der Waals surface area contributed by atoms with Gasteiger partial charge < -0.3 is 0 Å². The molecule has 0 fully saturated rings. The van der Waals surface area contributed by atoms with Gasteiger partial charge in [0, 0.05) is 17.7 Å². The molecule has 0 saturated heterocycles. The molecular formula is C8H8O3S2. The third kappa shape index (κ3) is 2.86. The Kier molecular flexibility index (Phi) is 3.11. The Morgan fingerprint density at radius 3 is 2.23 bits per heavy atom. The van der Waals surface area contributed by atoms with Crippen LogP contribution in [0.15, 0.2) is 35.2 Å². The highest BCUT2D eigenvalue weighted by Crippen LogP contribution is 2.22. The van der Waals surface area contributed by atoms with E-state index in [1.165, 1.54) is 19.1 Å². The van der Waals surface area contributed by atoms with E-state index < -0.39 is 14.0 Å². The molecule has 0 radical (unpaired) electrons. The summed E-state index contributed by atoms with van der Waals surface area (Å²) in [6.45, 7) is 1.23. The van der Waals surface area contributed by atoms with Gasteiger partial charge in [-0.1, -0.05) is 18.2 Å². The van der Waals surface area contributed by atoms with E-state index in [1.807, 2.05) is 0 Å². The van der Waals surface area contributed by atoms with Crippen molar-refractivity contribution in [3.63, 3.8) is 0 Å². The van der Waals surface area contributed by atoms with Crippen molar-refractivity contribution in [3.05, 3.63) is 30.3 Å². The Labute approximate surface area is 80.5 Å². The van der Waals surface area contributed by atoms with E-state index in [2.05, 4.69) is 0 Å². The van der Waals surface area contributed by atoms with Gasteiger partial charge in [0.25, 0.3) is 0 Å². The van der Waals surface area contributed by atoms with E-state index in [-0.39, 0.29) is 4.90 Å². The van der Waals surface area contributed by atoms with Crippen LogP contribution in [0.4, 0.5) is 0 Å². The highest BCUT2D eigenvalue weighted by Gasteiger charge is 2.16. The molecule has 0 aliphatic heterocycles. The molecule has 13 heavy (non-hydrogen) atoms. The Morgan fingerprint density at radius 1 is 1.23 bits per heavy atom. The molecule has 0 aliphatic carbocycles. The molecule has 0 heterocycles. The monoisotopic (exact) mass is 216 g/mol. The number of rotatable bonds is 2. The second-order valence-corrected chi connectivity index (χ2v) is 6.28. The molecule has 0 aliphatic rings. The van der Waals surface area contributed by atoms with Crippen LogP contribution >= 0.6 is 10.8 Å². The molecule has 5 heteroatoms.